The topological polar surface area (TPSA) is 104 Å². The summed E-state index contributed by atoms with van der Waals surface area (Å²) >= 11 is 0. The number of nitrogens with zero attached hydrogens (tertiary/aromatic N) is 4. The van der Waals surface area contributed by atoms with E-state index in [1.807, 2.05) is 12.1 Å². The number of ether oxygens (including phenoxy) is 2. The van der Waals surface area contributed by atoms with E-state index in [0.29, 0.717) is 23.4 Å². The Balaban J connectivity index is 1.51. The molecule has 206 valence electrons. The van der Waals surface area contributed by atoms with Crippen LogP contribution in [0.25, 0.3) is 0 Å². The van der Waals surface area contributed by atoms with Gasteiger partial charge < -0.3 is 14.8 Å². The molecule has 1 saturated heterocycles. The van der Waals surface area contributed by atoms with E-state index in [9.17, 15) is 13.2 Å². The zero-order chi connectivity index (χ0) is 27.4. The van der Waals surface area contributed by atoms with Gasteiger partial charge in [0.15, 0.2) is 0 Å². The average molecular weight is 544 g/mol. The Morgan fingerprint density at radius 1 is 1.11 bits per heavy atom. The van der Waals surface area contributed by atoms with Crippen LogP contribution in [0.3, 0.4) is 0 Å². The van der Waals surface area contributed by atoms with E-state index in [0.717, 1.165) is 25.2 Å². The molecule has 0 aliphatic carbocycles. The third kappa shape index (κ3) is 6.11. The van der Waals surface area contributed by atoms with Crippen LogP contribution in [-0.4, -0.2) is 81.5 Å². The SMILES string of the molecule is CNC(=O)C1=NN(Cc2ccc(CN3CCCC3)cc2)C(CN(C)S(=O)(=O)c2c(C)cc(OC)cc2C)O1. The van der Waals surface area contributed by atoms with Crippen molar-refractivity contribution in [3.63, 3.8) is 0 Å². The maximum absolute atomic E-state index is 13.6. The van der Waals surface area contributed by atoms with Crippen molar-refractivity contribution in [3.05, 3.63) is 58.7 Å². The van der Waals surface area contributed by atoms with Gasteiger partial charge in [-0.25, -0.2) is 13.4 Å². The van der Waals surface area contributed by atoms with Crippen molar-refractivity contribution < 1.29 is 22.7 Å². The van der Waals surface area contributed by atoms with Gasteiger partial charge in [0.25, 0.3) is 5.90 Å². The molecule has 1 unspecified atom stereocenters. The molecule has 1 N–H and O–H groups in total. The fraction of sp³-hybridized carbons (Fsp3) is 0.481. The molecule has 2 aliphatic rings. The van der Waals surface area contributed by atoms with Gasteiger partial charge in [0, 0.05) is 20.6 Å². The number of sulfonamides is 1. The highest BCUT2D eigenvalue weighted by Crippen LogP contribution is 2.29. The van der Waals surface area contributed by atoms with Gasteiger partial charge in [0.05, 0.1) is 25.1 Å². The summed E-state index contributed by atoms with van der Waals surface area (Å²) in [5.74, 6) is 0.0403. The highest BCUT2D eigenvalue weighted by molar-refractivity contribution is 7.89. The summed E-state index contributed by atoms with van der Waals surface area (Å²) in [5.41, 5.74) is 3.41. The number of carbonyl (C=O) groups excluding carboxylic acids is 1. The van der Waals surface area contributed by atoms with Crippen LogP contribution in [-0.2, 0) is 32.6 Å². The van der Waals surface area contributed by atoms with Crippen molar-refractivity contribution in [1.82, 2.24) is 19.5 Å². The predicted octanol–water partition coefficient (Wildman–Crippen LogP) is 2.45. The van der Waals surface area contributed by atoms with Gasteiger partial charge in [-0.1, -0.05) is 24.3 Å². The van der Waals surface area contributed by atoms with Crippen LogP contribution in [0.1, 0.15) is 35.1 Å². The molecule has 2 aromatic carbocycles. The smallest absolute Gasteiger partial charge is 0.308 e. The minimum atomic E-state index is -3.85. The van der Waals surface area contributed by atoms with E-state index >= 15 is 0 Å². The second-order valence-corrected chi connectivity index (χ2v) is 11.8. The van der Waals surface area contributed by atoms with Crippen LogP contribution in [0.15, 0.2) is 46.4 Å². The second-order valence-electron chi connectivity index (χ2n) is 9.83. The molecule has 0 spiro atoms. The fourth-order valence-electron chi connectivity index (χ4n) is 4.91. The Morgan fingerprint density at radius 3 is 2.24 bits per heavy atom. The quantitative estimate of drug-likeness (QED) is 0.491. The molecular formula is C27H37N5O5S. The van der Waals surface area contributed by atoms with Crippen molar-refractivity contribution >= 4 is 21.8 Å². The van der Waals surface area contributed by atoms with Crippen LogP contribution in [0.5, 0.6) is 5.75 Å². The lowest BCUT2D eigenvalue weighted by Gasteiger charge is -2.27. The number of rotatable bonds is 10. The van der Waals surface area contributed by atoms with Gasteiger partial charge in [-0.05, 0) is 74.2 Å². The van der Waals surface area contributed by atoms with Gasteiger partial charge in [0.1, 0.15) is 5.75 Å². The monoisotopic (exact) mass is 543 g/mol. The van der Waals surface area contributed by atoms with Crippen molar-refractivity contribution in [2.24, 2.45) is 5.10 Å². The van der Waals surface area contributed by atoms with Gasteiger partial charge in [-0.3, -0.25) is 9.69 Å². The lowest BCUT2D eigenvalue weighted by molar-refractivity contribution is -0.116. The van der Waals surface area contributed by atoms with E-state index in [2.05, 4.69) is 27.5 Å². The molecule has 0 aromatic heterocycles. The highest BCUT2D eigenvalue weighted by atomic mass is 32.2. The third-order valence-corrected chi connectivity index (χ3v) is 9.07. The molecule has 2 aliphatic heterocycles. The average Bonchev–Trinajstić information content (AvgIpc) is 3.54. The third-order valence-electron chi connectivity index (χ3n) is 6.94. The van der Waals surface area contributed by atoms with E-state index in [-0.39, 0.29) is 17.3 Å². The van der Waals surface area contributed by atoms with Gasteiger partial charge in [-0.2, -0.15) is 4.31 Å². The van der Waals surface area contributed by atoms with E-state index in [1.165, 1.54) is 36.8 Å². The number of nitrogens with one attached hydrogen (secondary N) is 1. The summed E-state index contributed by atoms with van der Waals surface area (Å²) in [6.45, 7) is 7.04. The van der Waals surface area contributed by atoms with Crippen LogP contribution >= 0.6 is 0 Å². The molecular weight excluding hydrogens is 506 g/mol. The first-order valence-electron chi connectivity index (χ1n) is 12.8. The zero-order valence-electron chi connectivity index (χ0n) is 22.7. The molecule has 2 aromatic rings. The zero-order valence-corrected chi connectivity index (χ0v) is 23.5. The van der Waals surface area contributed by atoms with Crippen molar-refractivity contribution in [1.29, 1.82) is 0 Å². The Labute approximate surface area is 225 Å². The van der Waals surface area contributed by atoms with E-state index < -0.39 is 22.2 Å². The normalized spacial score (nSPS) is 18.0. The van der Waals surface area contributed by atoms with Crippen LogP contribution in [0.4, 0.5) is 0 Å². The molecule has 38 heavy (non-hydrogen) atoms. The van der Waals surface area contributed by atoms with Gasteiger partial charge >= 0.3 is 5.91 Å². The number of likely N-dealkylation sites (tertiary alicyclic amines) is 1. The molecule has 1 atom stereocenters. The number of hydrogen-bond acceptors (Lipinski definition) is 8. The Morgan fingerprint density at radius 2 is 1.68 bits per heavy atom. The van der Waals surface area contributed by atoms with Crippen molar-refractivity contribution in [3.8, 4) is 5.75 Å². The molecule has 4 rings (SSSR count). The summed E-state index contributed by atoms with van der Waals surface area (Å²) in [4.78, 5) is 15.0. The number of hydrogen-bond donors (Lipinski definition) is 1. The number of aryl methyl sites for hydroxylation is 2. The first kappa shape index (κ1) is 27.9. The minimum absolute atomic E-state index is 0.0235. The number of likely N-dealkylation sites (N-methyl/N-ethyl adjacent to an activating group) is 2. The van der Waals surface area contributed by atoms with E-state index in [1.54, 1.807) is 38.1 Å². The Bertz CT molecular complexity index is 1270. The second kappa shape index (κ2) is 11.7. The summed E-state index contributed by atoms with van der Waals surface area (Å²) < 4.78 is 39.5. The van der Waals surface area contributed by atoms with Crippen molar-refractivity contribution in [2.45, 2.75) is 50.9 Å². The lowest BCUT2D eigenvalue weighted by Crippen LogP contribution is -2.42. The molecule has 11 heteroatoms. The van der Waals surface area contributed by atoms with Crippen LogP contribution in [0.2, 0.25) is 0 Å². The van der Waals surface area contributed by atoms with Gasteiger partial charge in [0.2, 0.25) is 16.3 Å². The number of benzene rings is 2. The molecule has 2 heterocycles. The number of methoxy groups -OCH3 is 1. The molecule has 0 saturated carbocycles. The largest absolute Gasteiger partial charge is 0.497 e. The molecule has 10 nitrogen and oxygen atoms in total. The summed E-state index contributed by atoms with van der Waals surface area (Å²) in [7, 11) is 0.695. The van der Waals surface area contributed by atoms with Crippen LogP contribution < -0.4 is 10.1 Å². The number of amides is 1. The van der Waals surface area contributed by atoms with Crippen LogP contribution in [0, 0.1) is 13.8 Å². The van der Waals surface area contributed by atoms with E-state index in [4.69, 9.17) is 9.47 Å². The minimum Gasteiger partial charge on any atom is -0.497 e. The first-order chi connectivity index (χ1) is 18.1. The van der Waals surface area contributed by atoms with Gasteiger partial charge in [-0.15, -0.1) is 5.10 Å². The maximum atomic E-state index is 13.6. The number of carbonyl (C=O) groups is 1. The summed E-state index contributed by atoms with van der Waals surface area (Å²) in [6.07, 6.45) is 1.73. The first-order valence-corrected chi connectivity index (χ1v) is 14.2. The standard InChI is InChI=1S/C27H37N5O5S/c1-19-14-23(36-5)15-20(2)25(19)38(34,35)30(4)18-24-32(29-27(37-24)26(33)28-3)17-22-10-8-21(9-11-22)16-31-12-6-7-13-31/h8-11,14-15,24H,6-7,12-13,16-18H2,1-5H3,(H,28,33). The maximum Gasteiger partial charge on any atom is 0.308 e. The molecule has 0 radical (unpaired) electrons. The number of hydrazone groups is 1. The fourth-order valence-corrected chi connectivity index (χ4v) is 6.48. The Hall–Kier alpha value is -3.15. The molecule has 1 fully saturated rings. The Kier molecular flexibility index (Phi) is 8.59. The lowest BCUT2D eigenvalue weighted by atomic mass is 10.1. The highest BCUT2D eigenvalue weighted by Gasteiger charge is 2.36. The summed E-state index contributed by atoms with van der Waals surface area (Å²) in [5, 5.41) is 8.52. The molecule has 1 amide bonds. The summed E-state index contributed by atoms with van der Waals surface area (Å²) in [6, 6.07) is 11.7. The van der Waals surface area contributed by atoms with Crippen molar-refractivity contribution in [2.75, 3.05) is 40.8 Å². The molecule has 0 bridgehead atoms. The predicted molar refractivity (Wildman–Crippen MR) is 145 cm³/mol.